The lowest BCUT2D eigenvalue weighted by atomic mass is 9.63. The molecule has 3 aliphatic rings. The van der Waals surface area contributed by atoms with Crippen molar-refractivity contribution in [3.63, 3.8) is 0 Å². The van der Waals surface area contributed by atoms with Crippen LogP contribution >= 0.6 is 11.6 Å². The summed E-state index contributed by atoms with van der Waals surface area (Å²) in [6.07, 6.45) is 1.19. The summed E-state index contributed by atoms with van der Waals surface area (Å²) in [5.74, 6) is -0.560. The van der Waals surface area contributed by atoms with Crippen LogP contribution in [0.4, 0.5) is 15.3 Å². The second-order valence-corrected chi connectivity index (χ2v) is 10.3. The highest BCUT2D eigenvalue weighted by molar-refractivity contribution is 6.34. The van der Waals surface area contributed by atoms with Crippen molar-refractivity contribution in [1.82, 2.24) is 15.5 Å². The minimum Gasteiger partial charge on any atom is -0.444 e. The van der Waals surface area contributed by atoms with Crippen molar-refractivity contribution >= 4 is 41.1 Å². The zero-order chi connectivity index (χ0) is 24.0. The number of likely N-dealkylation sites (tertiary alicyclic amines) is 1. The lowest BCUT2D eigenvalue weighted by Gasteiger charge is -2.58. The first-order valence-corrected chi connectivity index (χ1v) is 11.5. The van der Waals surface area contributed by atoms with Gasteiger partial charge in [-0.05, 0) is 64.9 Å². The maximum atomic E-state index is 13.8. The van der Waals surface area contributed by atoms with Gasteiger partial charge in [0, 0.05) is 30.5 Å². The van der Waals surface area contributed by atoms with E-state index in [0.29, 0.717) is 22.8 Å². The van der Waals surface area contributed by atoms with E-state index >= 15 is 0 Å². The van der Waals surface area contributed by atoms with Crippen LogP contribution in [0.3, 0.4) is 0 Å². The summed E-state index contributed by atoms with van der Waals surface area (Å²) >= 11 is 6.35. The normalized spacial score (nSPS) is 22.6. The van der Waals surface area contributed by atoms with Crippen molar-refractivity contribution in [2.75, 3.05) is 31.1 Å². The Balaban J connectivity index is 1.64. The van der Waals surface area contributed by atoms with Crippen molar-refractivity contribution in [3.05, 3.63) is 28.8 Å². The third-order valence-electron chi connectivity index (χ3n) is 6.43. The molecule has 3 heterocycles. The highest BCUT2D eigenvalue weighted by atomic mass is 35.5. The number of rotatable bonds is 3. The maximum Gasteiger partial charge on any atom is 0.410 e. The zero-order valence-corrected chi connectivity index (χ0v) is 19.8. The van der Waals surface area contributed by atoms with Crippen LogP contribution in [0.25, 0.3) is 0 Å². The quantitative estimate of drug-likeness (QED) is 0.649. The number of anilines is 1. The number of piperidine rings is 1. The van der Waals surface area contributed by atoms with Crippen molar-refractivity contribution in [2.24, 2.45) is 5.41 Å². The minimum absolute atomic E-state index is 0.144. The molecule has 1 unspecified atom stereocenters. The van der Waals surface area contributed by atoms with Gasteiger partial charge in [0.25, 0.3) is 0 Å². The molecule has 0 saturated carbocycles. The van der Waals surface area contributed by atoms with E-state index in [4.69, 9.17) is 16.3 Å². The smallest absolute Gasteiger partial charge is 0.410 e. The van der Waals surface area contributed by atoms with Crippen molar-refractivity contribution in [2.45, 2.75) is 51.7 Å². The fourth-order valence-electron chi connectivity index (χ4n) is 4.83. The minimum atomic E-state index is -0.673. The number of ether oxygens (including phenoxy) is 1. The number of halogens is 1. The average molecular weight is 477 g/mol. The van der Waals surface area contributed by atoms with Gasteiger partial charge in [-0.1, -0.05) is 11.6 Å². The molecular formula is C23H29ClN4O5. The average Bonchev–Trinajstić information content (AvgIpc) is 2.72. The molecule has 0 bridgehead atoms. The van der Waals surface area contributed by atoms with Gasteiger partial charge in [0.2, 0.25) is 5.91 Å². The first kappa shape index (κ1) is 23.5. The first-order chi connectivity index (χ1) is 15.5. The van der Waals surface area contributed by atoms with Crippen LogP contribution in [0.1, 0.15) is 50.4 Å². The van der Waals surface area contributed by atoms with E-state index in [-0.39, 0.29) is 30.1 Å². The Hall–Kier alpha value is -2.65. The Kier molecular flexibility index (Phi) is 6.13. The van der Waals surface area contributed by atoms with Crippen LogP contribution in [-0.2, 0) is 9.53 Å². The first-order valence-electron chi connectivity index (χ1n) is 11.2. The number of imide groups is 1. The standard InChI is InChI=1S/C23H29ClN4O5/c1-22(2,3)33-21(32)28-13-23(7-9-25-10-8-23)19(28)18(30)14-4-5-15(24)16(12-14)27-11-6-17(29)26-20(27)31/h4-5,12,19,25H,6-11,13H2,1-3H3,(H,26,29,31). The third-order valence-corrected chi connectivity index (χ3v) is 6.75. The molecule has 2 N–H and O–H groups in total. The molecule has 178 valence electrons. The summed E-state index contributed by atoms with van der Waals surface area (Å²) in [7, 11) is 0. The van der Waals surface area contributed by atoms with Crippen LogP contribution < -0.4 is 15.5 Å². The summed E-state index contributed by atoms with van der Waals surface area (Å²) in [4.78, 5) is 53.4. The Labute approximate surface area is 197 Å². The van der Waals surface area contributed by atoms with E-state index in [1.165, 1.54) is 9.80 Å². The molecule has 10 heteroatoms. The van der Waals surface area contributed by atoms with Crippen LogP contribution in [-0.4, -0.2) is 66.5 Å². The number of hydrogen-bond acceptors (Lipinski definition) is 6. The fraction of sp³-hybridized carbons (Fsp3) is 0.565. The van der Waals surface area contributed by atoms with Gasteiger partial charge >= 0.3 is 12.1 Å². The molecule has 1 atom stereocenters. The Bertz CT molecular complexity index is 999. The van der Waals surface area contributed by atoms with Crippen LogP contribution in [0.15, 0.2) is 18.2 Å². The van der Waals surface area contributed by atoms with E-state index in [9.17, 15) is 19.2 Å². The molecule has 1 aromatic carbocycles. The number of urea groups is 1. The molecule has 1 spiro atoms. The predicted octanol–water partition coefficient (Wildman–Crippen LogP) is 2.96. The van der Waals surface area contributed by atoms with Crippen LogP contribution in [0.2, 0.25) is 5.02 Å². The summed E-state index contributed by atoms with van der Waals surface area (Å²) in [6, 6.07) is 3.52. The van der Waals surface area contributed by atoms with E-state index in [1.54, 1.807) is 39.0 Å². The van der Waals surface area contributed by atoms with Gasteiger partial charge in [-0.2, -0.15) is 0 Å². The van der Waals surface area contributed by atoms with Crippen LogP contribution in [0.5, 0.6) is 0 Å². The molecule has 3 fully saturated rings. The predicted molar refractivity (Wildman–Crippen MR) is 123 cm³/mol. The molecular weight excluding hydrogens is 448 g/mol. The Morgan fingerprint density at radius 2 is 1.88 bits per heavy atom. The highest BCUT2D eigenvalue weighted by Gasteiger charge is 2.58. The van der Waals surface area contributed by atoms with Gasteiger partial charge in [-0.25, -0.2) is 9.59 Å². The number of hydrogen-bond donors (Lipinski definition) is 2. The molecule has 33 heavy (non-hydrogen) atoms. The molecule has 3 saturated heterocycles. The number of nitrogens with zero attached hydrogens (tertiary/aromatic N) is 2. The van der Waals surface area contributed by atoms with Gasteiger partial charge in [0.1, 0.15) is 11.6 Å². The largest absolute Gasteiger partial charge is 0.444 e. The number of nitrogens with one attached hydrogen (secondary N) is 2. The fourth-order valence-corrected chi connectivity index (χ4v) is 5.05. The number of Topliss-reactive ketones (excluding diaryl/α,β-unsaturated/α-hetero) is 1. The number of ketones is 1. The number of carbonyl (C=O) groups excluding carboxylic acids is 4. The summed E-state index contributed by atoms with van der Waals surface area (Å²) in [5, 5.41) is 5.88. The summed E-state index contributed by atoms with van der Waals surface area (Å²) < 4.78 is 5.56. The number of benzene rings is 1. The Morgan fingerprint density at radius 1 is 1.18 bits per heavy atom. The van der Waals surface area contributed by atoms with Crippen molar-refractivity contribution in [3.8, 4) is 0 Å². The summed E-state index contributed by atoms with van der Waals surface area (Å²) in [5.41, 5.74) is -0.271. The molecule has 3 aliphatic heterocycles. The third kappa shape index (κ3) is 4.56. The van der Waals surface area contributed by atoms with E-state index < -0.39 is 23.8 Å². The lowest BCUT2D eigenvalue weighted by molar-refractivity contribution is -0.120. The van der Waals surface area contributed by atoms with E-state index in [0.717, 1.165) is 25.9 Å². The second-order valence-electron chi connectivity index (χ2n) is 9.91. The molecule has 4 amide bonds. The van der Waals surface area contributed by atoms with E-state index in [1.807, 2.05) is 0 Å². The molecule has 1 aromatic rings. The zero-order valence-electron chi connectivity index (χ0n) is 19.1. The Morgan fingerprint density at radius 3 is 2.52 bits per heavy atom. The summed E-state index contributed by atoms with van der Waals surface area (Å²) in [6.45, 7) is 7.58. The van der Waals surface area contributed by atoms with Gasteiger partial charge in [-0.3, -0.25) is 24.7 Å². The second kappa shape index (κ2) is 8.61. The van der Waals surface area contributed by atoms with Crippen molar-refractivity contribution < 1.29 is 23.9 Å². The maximum absolute atomic E-state index is 13.8. The lowest BCUT2D eigenvalue weighted by Crippen LogP contribution is -2.71. The molecule has 4 rings (SSSR count). The molecule has 0 aromatic heterocycles. The topological polar surface area (TPSA) is 108 Å². The highest BCUT2D eigenvalue weighted by Crippen LogP contribution is 2.47. The number of carbonyl (C=O) groups is 4. The molecule has 0 aliphatic carbocycles. The van der Waals surface area contributed by atoms with E-state index in [2.05, 4.69) is 10.6 Å². The van der Waals surface area contributed by atoms with Crippen molar-refractivity contribution in [1.29, 1.82) is 0 Å². The van der Waals surface area contributed by atoms with Gasteiger partial charge in [0.05, 0.1) is 10.7 Å². The van der Waals surface area contributed by atoms with Crippen LogP contribution in [0, 0.1) is 5.41 Å². The van der Waals surface area contributed by atoms with Gasteiger partial charge in [0.15, 0.2) is 5.78 Å². The molecule has 0 radical (unpaired) electrons. The monoisotopic (exact) mass is 476 g/mol. The molecule has 9 nitrogen and oxygen atoms in total. The SMILES string of the molecule is CC(C)(C)OC(=O)N1CC2(CCNCC2)C1C(=O)c1ccc(Cl)c(N2CCC(=O)NC2=O)c1. The van der Waals surface area contributed by atoms with Gasteiger partial charge in [-0.15, -0.1) is 0 Å². The van der Waals surface area contributed by atoms with Gasteiger partial charge < -0.3 is 10.1 Å². The number of amides is 4.